The lowest BCUT2D eigenvalue weighted by Gasteiger charge is -2.16. The second-order valence-electron chi connectivity index (χ2n) is 5.20. The summed E-state index contributed by atoms with van der Waals surface area (Å²) in [4.78, 5) is 11.4. The van der Waals surface area contributed by atoms with Crippen molar-refractivity contribution in [2.24, 2.45) is 0 Å². The van der Waals surface area contributed by atoms with Crippen LogP contribution in [0.2, 0.25) is 0 Å². The van der Waals surface area contributed by atoms with Crippen LogP contribution in [0.1, 0.15) is 16.8 Å². The number of carbonyl (C=O) groups excluding carboxylic acids is 1. The molecule has 0 saturated carbocycles. The lowest BCUT2D eigenvalue weighted by atomic mass is 10.1. The first-order valence-corrected chi connectivity index (χ1v) is 7.51. The monoisotopic (exact) mass is 429 g/mol. The second kappa shape index (κ2) is 7.67. The summed E-state index contributed by atoms with van der Waals surface area (Å²) in [6, 6.07) is 1.55. The minimum absolute atomic E-state index is 0.161. The van der Waals surface area contributed by atoms with E-state index in [0.717, 1.165) is 13.3 Å². The number of esters is 1. The quantitative estimate of drug-likeness (QED) is 0.322. The van der Waals surface area contributed by atoms with E-state index < -0.39 is 69.7 Å². The van der Waals surface area contributed by atoms with Gasteiger partial charge in [0, 0.05) is 6.42 Å². The van der Waals surface area contributed by atoms with Crippen LogP contribution in [0.4, 0.5) is 30.7 Å². The van der Waals surface area contributed by atoms with Crippen molar-refractivity contribution in [1.82, 2.24) is 9.78 Å². The molecule has 0 aliphatic rings. The second-order valence-corrected chi connectivity index (χ2v) is 5.73. The van der Waals surface area contributed by atoms with Gasteiger partial charge in [0.05, 0.1) is 24.6 Å². The highest BCUT2D eigenvalue weighted by Crippen LogP contribution is 2.38. The van der Waals surface area contributed by atoms with E-state index in [9.17, 15) is 35.5 Å². The number of methoxy groups -OCH3 is 1. The topological polar surface area (TPSA) is 67.9 Å². The number of hydrogen-bond acceptors (Lipinski definition) is 4. The molecule has 0 fully saturated rings. The Labute approximate surface area is 156 Å². The highest BCUT2D eigenvalue weighted by Gasteiger charge is 2.43. The van der Waals surface area contributed by atoms with E-state index in [2.05, 4.69) is 9.84 Å². The molecule has 0 saturated heterocycles. The van der Waals surface area contributed by atoms with Gasteiger partial charge in [-0.25, -0.2) is 22.2 Å². The van der Waals surface area contributed by atoms with E-state index in [0.29, 0.717) is 0 Å². The average Bonchev–Trinajstić information content (AvgIpc) is 3.00. The Hall–Kier alpha value is -2.81. The van der Waals surface area contributed by atoms with Gasteiger partial charge < -0.3 is 4.74 Å². The molecule has 2 rings (SSSR count). The van der Waals surface area contributed by atoms with Gasteiger partial charge in [0.15, 0.2) is 23.3 Å². The zero-order chi connectivity index (χ0) is 21.4. The Morgan fingerprint density at radius 1 is 1.25 bits per heavy atom. The van der Waals surface area contributed by atoms with Crippen LogP contribution < -0.4 is 0 Å². The Morgan fingerprint density at radius 2 is 1.79 bits per heavy atom. The van der Waals surface area contributed by atoms with Crippen LogP contribution in [-0.2, 0) is 22.1 Å². The van der Waals surface area contributed by atoms with Crippen LogP contribution in [0.5, 0.6) is 0 Å². The van der Waals surface area contributed by atoms with E-state index >= 15 is 0 Å². The molecule has 1 aromatic heterocycles. The maximum absolute atomic E-state index is 14.2. The third kappa shape index (κ3) is 3.62. The van der Waals surface area contributed by atoms with Crippen LogP contribution >= 0.6 is 11.6 Å². The van der Waals surface area contributed by atoms with Crippen molar-refractivity contribution in [3.8, 4) is 11.8 Å². The van der Waals surface area contributed by atoms with Crippen molar-refractivity contribution < 1.29 is 40.3 Å². The van der Waals surface area contributed by atoms with Crippen molar-refractivity contribution in [2.75, 3.05) is 7.11 Å². The van der Waals surface area contributed by atoms with Gasteiger partial charge in [-0.15, -0.1) is 11.6 Å². The third-order valence-corrected chi connectivity index (χ3v) is 3.89. The highest BCUT2D eigenvalue weighted by atomic mass is 35.5. The Balaban J connectivity index is 2.75. The summed E-state index contributed by atoms with van der Waals surface area (Å²) < 4.78 is 98.7. The Morgan fingerprint density at radius 3 is 2.21 bits per heavy atom. The van der Waals surface area contributed by atoms with E-state index in [1.807, 2.05) is 0 Å². The van der Waals surface area contributed by atoms with Crippen LogP contribution in [0.25, 0.3) is 5.69 Å². The van der Waals surface area contributed by atoms with Gasteiger partial charge in [-0.1, -0.05) is 0 Å². The molecule has 0 bridgehead atoms. The fraction of sp³-hybridized carbons (Fsp3) is 0.267. The molecule has 0 spiro atoms. The molecule has 5 nitrogen and oxygen atoms in total. The van der Waals surface area contributed by atoms with Gasteiger partial charge in [0.25, 0.3) is 0 Å². The first-order valence-electron chi connectivity index (χ1n) is 7.08. The lowest BCUT2D eigenvalue weighted by Crippen LogP contribution is -2.23. The number of hydrogen-bond donors (Lipinski definition) is 0. The third-order valence-electron chi connectivity index (χ3n) is 3.55. The molecule has 13 heteroatoms. The van der Waals surface area contributed by atoms with Crippen LogP contribution in [-0.4, -0.2) is 28.2 Å². The fourth-order valence-corrected chi connectivity index (χ4v) is 2.53. The van der Waals surface area contributed by atoms with Crippen LogP contribution in [0.15, 0.2) is 6.20 Å². The molecule has 0 amide bonds. The maximum atomic E-state index is 14.2. The van der Waals surface area contributed by atoms with Crippen molar-refractivity contribution >= 4 is 17.6 Å². The Bertz CT molecular complexity index is 952. The predicted molar refractivity (Wildman–Crippen MR) is 78.5 cm³/mol. The molecule has 0 aliphatic carbocycles. The summed E-state index contributed by atoms with van der Waals surface area (Å²) in [7, 11) is 0.972. The summed E-state index contributed by atoms with van der Waals surface area (Å²) >= 11 is 5.73. The molecule has 28 heavy (non-hydrogen) atoms. The lowest BCUT2D eigenvalue weighted by molar-refractivity contribution is -0.143. The van der Waals surface area contributed by atoms with Crippen molar-refractivity contribution in [3.05, 3.63) is 46.3 Å². The number of aromatic nitrogens is 2. The zero-order valence-electron chi connectivity index (χ0n) is 13.5. The van der Waals surface area contributed by atoms with Crippen LogP contribution in [0, 0.1) is 34.6 Å². The largest absolute Gasteiger partial charge is 0.468 e. The zero-order valence-corrected chi connectivity index (χ0v) is 14.3. The van der Waals surface area contributed by atoms with E-state index in [4.69, 9.17) is 16.9 Å². The van der Waals surface area contributed by atoms with Crippen LogP contribution in [0.3, 0.4) is 0 Å². The fourth-order valence-electron chi connectivity index (χ4n) is 2.29. The number of rotatable bonds is 4. The summed E-state index contributed by atoms with van der Waals surface area (Å²) in [6.45, 7) is 0. The number of nitrogens with zero attached hydrogens (tertiary/aromatic N) is 3. The molecule has 0 N–H and O–H groups in total. The average molecular weight is 430 g/mol. The summed E-state index contributed by atoms with van der Waals surface area (Å²) in [5.41, 5.74) is -5.28. The number of carbonyl (C=O) groups is 1. The molecular weight excluding hydrogens is 423 g/mol. The molecule has 1 aromatic carbocycles. The maximum Gasteiger partial charge on any atom is 0.422 e. The molecule has 1 heterocycles. The summed E-state index contributed by atoms with van der Waals surface area (Å²) in [6.07, 6.45) is -5.63. The Kier molecular flexibility index (Phi) is 5.88. The van der Waals surface area contributed by atoms with Gasteiger partial charge in [-0.3, -0.25) is 4.79 Å². The molecule has 2 aromatic rings. The van der Waals surface area contributed by atoms with Gasteiger partial charge in [-0.05, 0) is 0 Å². The van der Waals surface area contributed by atoms with Gasteiger partial charge >= 0.3 is 12.1 Å². The van der Waals surface area contributed by atoms with E-state index in [-0.39, 0.29) is 4.68 Å². The molecule has 0 radical (unpaired) electrons. The first kappa shape index (κ1) is 21.5. The van der Waals surface area contributed by atoms with Gasteiger partial charge in [0.2, 0.25) is 0 Å². The number of halogens is 8. The number of alkyl halides is 4. The summed E-state index contributed by atoms with van der Waals surface area (Å²) in [5.74, 6) is -11.2. The number of benzene rings is 1. The molecule has 150 valence electrons. The normalized spacial score (nSPS) is 12.6. The summed E-state index contributed by atoms with van der Waals surface area (Å²) in [5, 5.41) is 10.9. The molecular formula is C15H7ClF7N3O2. The predicted octanol–water partition coefficient (Wildman–Crippen LogP) is 3.64. The minimum Gasteiger partial charge on any atom is -0.468 e. The smallest absolute Gasteiger partial charge is 0.422 e. The van der Waals surface area contributed by atoms with Gasteiger partial charge in [-0.2, -0.15) is 23.5 Å². The van der Waals surface area contributed by atoms with Crippen molar-refractivity contribution in [2.45, 2.75) is 18.0 Å². The van der Waals surface area contributed by atoms with Crippen molar-refractivity contribution in [3.63, 3.8) is 0 Å². The molecule has 1 atom stereocenters. The minimum atomic E-state index is -5.72. The highest BCUT2D eigenvalue weighted by molar-refractivity contribution is 6.30. The number of nitriles is 1. The SMILES string of the molecule is COC(=O)C(Cl)Cc1c(C#N)cnn1-c1c(F)c(F)c(C(F)(F)F)c(F)c1F. The van der Waals surface area contributed by atoms with Crippen molar-refractivity contribution in [1.29, 1.82) is 5.26 Å². The standard InChI is InChI=1S/C15H7ClF7N3O2/c1-28-14(27)6(16)2-7-5(3-24)4-25-26(7)13-11(19)9(17)8(15(21,22)23)10(18)12(13)20/h4,6H,2H2,1H3. The molecule has 0 aliphatic heterocycles. The first-order chi connectivity index (χ1) is 12.9. The number of ether oxygens (including phenoxy) is 1. The molecule has 1 unspecified atom stereocenters. The van der Waals surface area contributed by atoms with E-state index in [1.165, 1.54) is 0 Å². The van der Waals surface area contributed by atoms with E-state index in [1.54, 1.807) is 6.07 Å². The van der Waals surface area contributed by atoms with Gasteiger partial charge in [0.1, 0.15) is 22.7 Å².